The molecule has 0 unspecified atom stereocenters. The van der Waals surface area contributed by atoms with Crippen LogP contribution in [0.15, 0.2) is 41.2 Å². The fourth-order valence-corrected chi connectivity index (χ4v) is 1.77. The molecule has 0 aliphatic rings. The topological polar surface area (TPSA) is 39.1 Å². The first kappa shape index (κ1) is 10.6. The molecule has 0 bridgehead atoms. The van der Waals surface area contributed by atoms with E-state index in [2.05, 4.69) is 0 Å². The Kier molecular flexibility index (Phi) is 2.86. The Bertz CT molecular complexity index is 584. The average molecular weight is 215 g/mol. The number of rotatable bonds is 2. The highest BCUT2D eigenvalue weighted by atomic mass is 16.2. The molecule has 0 spiro atoms. The fourth-order valence-electron chi connectivity index (χ4n) is 1.77. The van der Waals surface area contributed by atoms with E-state index in [0.717, 1.165) is 11.8 Å². The van der Waals surface area contributed by atoms with Crippen molar-refractivity contribution < 1.29 is 4.79 Å². The minimum Gasteiger partial charge on any atom is -0.274 e. The van der Waals surface area contributed by atoms with Crippen LogP contribution in [0, 0.1) is 0 Å². The van der Waals surface area contributed by atoms with E-state index in [1.165, 1.54) is 10.6 Å². The van der Waals surface area contributed by atoms with Crippen LogP contribution in [0.25, 0.3) is 10.9 Å². The van der Waals surface area contributed by atoms with E-state index in [-0.39, 0.29) is 11.5 Å². The van der Waals surface area contributed by atoms with Gasteiger partial charge in [-0.25, -0.2) is 4.57 Å². The maximum Gasteiger partial charge on any atom is 0.257 e. The van der Waals surface area contributed by atoms with Gasteiger partial charge >= 0.3 is 0 Å². The van der Waals surface area contributed by atoms with Gasteiger partial charge in [-0.15, -0.1) is 0 Å². The highest BCUT2D eigenvalue weighted by Crippen LogP contribution is 2.11. The van der Waals surface area contributed by atoms with Gasteiger partial charge in [-0.2, -0.15) is 0 Å². The number of hydrogen-bond acceptors (Lipinski definition) is 2. The van der Waals surface area contributed by atoms with Crippen LogP contribution < -0.4 is 5.56 Å². The maximum absolute atomic E-state index is 11.8. The zero-order valence-corrected chi connectivity index (χ0v) is 9.14. The van der Waals surface area contributed by atoms with Gasteiger partial charge in [0.15, 0.2) is 0 Å². The number of carbonyl (C=O) groups excluding carboxylic acids is 1. The Morgan fingerprint density at radius 3 is 2.69 bits per heavy atom. The summed E-state index contributed by atoms with van der Waals surface area (Å²) in [6.45, 7) is 1.92. The smallest absolute Gasteiger partial charge is 0.257 e. The number of pyridine rings is 1. The van der Waals surface area contributed by atoms with Crippen LogP contribution in [-0.2, 0) is 0 Å². The summed E-state index contributed by atoms with van der Waals surface area (Å²) in [4.78, 5) is 23.5. The highest BCUT2D eigenvalue weighted by Gasteiger charge is 2.09. The minimum atomic E-state index is -0.253. The molecule has 0 aliphatic heterocycles. The van der Waals surface area contributed by atoms with Crippen molar-refractivity contribution in [1.29, 1.82) is 0 Å². The van der Waals surface area contributed by atoms with Gasteiger partial charge in [0, 0.05) is 12.5 Å². The highest BCUT2D eigenvalue weighted by molar-refractivity contribution is 5.91. The normalized spacial score (nSPS) is 10.6. The van der Waals surface area contributed by atoms with Crippen molar-refractivity contribution in [3.8, 4) is 0 Å². The number of aromatic nitrogens is 1. The van der Waals surface area contributed by atoms with Gasteiger partial charge in [-0.1, -0.05) is 25.1 Å². The van der Waals surface area contributed by atoms with Crippen molar-refractivity contribution >= 4 is 16.8 Å². The van der Waals surface area contributed by atoms with Gasteiger partial charge < -0.3 is 0 Å². The number of hydrogen-bond donors (Lipinski definition) is 0. The lowest BCUT2D eigenvalue weighted by atomic mass is 10.2. The summed E-state index contributed by atoms with van der Waals surface area (Å²) in [5, 5.41) is 0.909. The first-order valence-corrected chi connectivity index (χ1v) is 5.38. The van der Waals surface area contributed by atoms with E-state index in [1.807, 2.05) is 25.1 Å². The molecule has 82 valence electrons. The van der Waals surface area contributed by atoms with E-state index >= 15 is 0 Å². The van der Waals surface area contributed by atoms with Crippen molar-refractivity contribution in [2.45, 2.75) is 19.8 Å². The number of para-hydroxylation sites is 1. The van der Waals surface area contributed by atoms with E-state index in [4.69, 9.17) is 0 Å². The molecule has 3 nitrogen and oxygen atoms in total. The van der Waals surface area contributed by atoms with Crippen LogP contribution in [0.3, 0.4) is 0 Å². The molecular weight excluding hydrogens is 202 g/mol. The first-order valence-electron chi connectivity index (χ1n) is 5.38. The lowest BCUT2D eigenvalue weighted by Crippen LogP contribution is -2.25. The summed E-state index contributed by atoms with van der Waals surface area (Å²) in [5.74, 6) is -0.135. The zero-order chi connectivity index (χ0) is 11.5. The van der Waals surface area contributed by atoms with E-state index in [9.17, 15) is 9.59 Å². The third-order valence-corrected chi connectivity index (χ3v) is 2.52. The number of nitrogens with zero attached hydrogens (tertiary/aromatic N) is 1. The second-order valence-electron chi connectivity index (χ2n) is 3.71. The number of fused-ring (bicyclic) bond motifs is 1. The summed E-state index contributed by atoms with van der Waals surface area (Å²) in [7, 11) is 0. The van der Waals surface area contributed by atoms with Crippen molar-refractivity contribution in [1.82, 2.24) is 4.57 Å². The van der Waals surface area contributed by atoms with Crippen LogP contribution in [0.4, 0.5) is 0 Å². The van der Waals surface area contributed by atoms with Gasteiger partial charge in [-0.3, -0.25) is 9.59 Å². The van der Waals surface area contributed by atoms with Crippen LogP contribution in [0.5, 0.6) is 0 Å². The summed E-state index contributed by atoms with van der Waals surface area (Å²) >= 11 is 0. The molecule has 3 heteroatoms. The molecule has 2 rings (SSSR count). The predicted octanol–water partition coefficient (Wildman–Crippen LogP) is 2.44. The average Bonchev–Trinajstić information content (AvgIpc) is 2.29. The Labute approximate surface area is 93.3 Å². The Morgan fingerprint density at radius 2 is 1.94 bits per heavy atom. The molecular formula is C13H13NO2. The molecule has 0 N–H and O–H groups in total. The summed E-state index contributed by atoms with van der Waals surface area (Å²) in [5.41, 5.74) is 0.436. The number of carbonyl (C=O) groups is 1. The molecule has 1 heterocycles. The molecule has 0 atom stereocenters. The molecule has 0 amide bonds. The fraction of sp³-hybridized carbons (Fsp3) is 0.231. The van der Waals surface area contributed by atoms with E-state index < -0.39 is 0 Å². The molecule has 16 heavy (non-hydrogen) atoms. The lowest BCUT2D eigenvalue weighted by Gasteiger charge is -2.07. The second-order valence-corrected chi connectivity index (χ2v) is 3.71. The molecule has 0 saturated heterocycles. The SMILES string of the molecule is CCCC(=O)n1c(=O)ccc2ccccc21. The first-order chi connectivity index (χ1) is 7.74. The second kappa shape index (κ2) is 4.31. The van der Waals surface area contributed by atoms with Crippen molar-refractivity contribution in [3.05, 3.63) is 46.8 Å². The molecule has 2 aromatic rings. The summed E-state index contributed by atoms with van der Waals surface area (Å²) in [6.07, 6.45) is 1.14. The molecule has 1 aromatic carbocycles. The monoisotopic (exact) mass is 215 g/mol. The van der Waals surface area contributed by atoms with Gasteiger partial charge in [0.2, 0.25) is 5.91 Å². The Balaban J connectivity index is 2.71. The van der Waals surface area contributed by atoms with Crippen molar-refractivity contribution in [2.75, 3.05) is 0 Å². The number of benzene rings is 1. The van der Waals surface area contributed by atoms with Crippen molar-refractivity contribution in [2.24, 2.45) is 0 Å². The van der Waals surface area contributed by atoms with E-state index in [1.54, 1.807) is 12.1 Å². The predicted molar refractivity (Wildman–Crippen MR) is 63.7 cm³/mol. The van der Waals surface area contributed by atoms with Gasteiger partial charge in [0.25, 0.3) is 5.56 Å². The standard InChI is InChI=1S/C13H13NO2/c1-2-5-12(15)14-11-7-4-3-6-10(11)8-9-13(14)16/h3-4,6-9H,2,5H2,1H3. The van der Waals surface area contributed by atoms with Crippen molar-refractivity contribution in [3.63, 3.8) is 0 Å². The molecule has 0 radical (unpaired) electrons. The van der Waals surface area contributed by atoms with Crippen LogP contribution >= 0.6 is 0 Å². The summed E-state index contributed by atoms with van der Waals surface area (Å²) < 4.78 is 1.26. The lowest BCUT2D eigenvalue weighted by molar-refractivity contribution is 0.0903. The summed E-state index contributed by atoms with van der Waals surface area (Å²) in [6, 6.07) is 10.6. The van der Waals surface area contributed by atoms with Crippen LogP contribution in [0.1, 0.15) is 24.6 Å². The zero-order valence-electron chi connectivity index (χ0n) is 9.14. The van der Waals surface area contributed by atoms with Crippen LogP contribution in [-0.4, -0.2) is 10.5 Å². The molecule has 0 saturated carbocycles. The largest absolute Gasteiger partial charge is 0.274 e. The van der Waals surface area contributed by atoms with Crippen LogP contribution in [0.2, 0.25) is 0 Å². The third kappa shape index (κ3) is 1.76. The minimum absolute atomic E-state index is 0.135. The van der Waals surface area contributed by atoms with E-state index in [0.29, 0.717) is 11.9 Å². The Morgan fingerprint density at radius 1 is 1.19 bits per heavy atom. The Hall–Kier alpha value is -1.90. The van der Waals surface area contributed by atoms with Gasteiger partial charge in [0.05, 0.1) is 5.52 Å². The molecule has 0 aliphatic carbocycles. The van der Waals surface area contributed by atoms with Gasteiger partial charge in [-0.05, 0) is 23.9 Å². The molecule has 1 aromatic heterocycles. The van der Waals surface area contributed by atoms with Gasteiger partial charge in [0.1, 0.15) is 0 Å². The third-order valence-electron chi connectivity index (χ3n) is 2.52. The maximum atomic E-state index is 11.8. The molecule has 0 fully saturated rings. The quantitative estimate of drug-likeness (QED) is 0.771.